The Morgan fingerprint density at radius 3 is 2.15 bits per heavy atom. The lowest BCUT2D eigenvalue weighted by Crippen LogP contribution is -2.58. The minimum absolute atomic E-state index is 0.0210. The minimum Gasteiger partial charge on any atom is -0.493 e. The molecule has 290 valence electrons. The van der Waals surface area contributed by atoms with E-state index >= 15 is 0 Å². The average molecular weight is 744 g/mol. The first-order valence-electron chi connectivity index (χ1n) is 18.5. The summed E-state index contributed by atoms with van der Waals surface area (Å²) in [5.41, 5.74) is 7.54. The van der Waals surface area contributed by atoms with Gasteiger partial charge in [-0.25, -0.2) is 0 Å². The molecule has 3 aliphatic heterocycles. The number of fused-ring (bicyclic) bond motifs is 2. The molecule has 2 amide bonds. The Labute approximate surface area is 317 Å². The molecule has 2 unspecified atom stereocenters. The van der Waals surface area contributed by atoms with Crippen LogP contribution in [0.25, 0.3) is 0 Å². The maximum absolute atomic E-state index is 13.7. The van der Waals surface area contributed by atoms with E-state index < -0.39 is 5.60 Å². The van der Waals surface area contributed by atoms with Gasteiger partial charge in [-0.2, -0.15) is 0 Å². The summed E-state index contributed by atoms with van der Waals surface area (Å²) in [6.07, 6.45) is 5.38. The van der Waals surface area contributed by atoms with E-state index in [0.29, 0.717) is 95.3 Å². The van der Waals surface area contributed by atoms with Crippen molar-refractivity contribution < 1.29 is 38.0 Å². The van der Waals surface area contributed by atoms with Crippen LogP contribution in [0.15, 0.2) is 47.5 Å². The molecule has 3 aromatic rings. The summed E-state index contributed by atoms with van der Waals surface area (Å²) in [4.78, 5) is 38.0. The van der Waals surface area contributed by atoms with Crippen LogP contribution in [0.2, 0.25) is 0 Å². The van der Waals surface area contributed by atoms with Gasteiger partial charge in [-0.05, 0) is 64.3 Å². The fourth-order valence-electron chi connectivity index (χ4n) is 7.95. The molecule has 3 aliphatic rings. The lowest BCUT2D eigenvalue weighted by atomic mass is 9.83. The third-order valence-electron chi connectivity index (χ3n) is 10.9. The molecule has 0 bridgehead atoms. The third kappa shape index (κ3) is 7.73. The van der Waals surface area contributed by atoms with Crippen molar-refractivity contribution in [2.24, 2.45) is 4.99 Å². The van der Waals surface area contributed by atoms with Gasteiger partial charge in [0, 0.05) is 74.7 Å². The van der Waals surface area contributed by atoms with Gasteiger partial charge in [-0.1, -0.05) is 6.92 Å². The topological polar surface area (TPSA) is 138 Å². The van der Waals surface area contributed by atoms with E-state index in [9.17, 15) is 9.59 Å². The van der Waals surface area contributed by atoms with E-state index in [-0.39, 0.29) is 23.4 Å². The van der Waals surface area contributed by atoms with E-state index in [1.807, 2.05) is 22.1 Å². The molecule has 13 heteroatoms. The van der Waals surface area contributed by atoms with Crippen LogP contribution >= 0.6 is 0 Å². The summed E-state index contributed by atoms with van der Waals surface area (Å²) < 4.78 is 34.8. The van der Waals surface area contributed by atoms with Gasteiger partial charge >= 0.3 is 0 Å². The van der Waals surface area contributed by atoms with Crippen LogP contribution in [0.3, 0.4) is 0 Å². The van der Waals surface area contributed by atoms with Crippen molar-refractivity contribution in [1.29, 1.82) is 0 Å². The fourth-order valence-corrected chi connectivity index (χ4v) is 7.95. The highest BCUT2D eigenvalue weighted by Crippen LogP contribution is 2.44. The Balaban J connectivity index is 1.10. The van der Waals surface area contributed by atoms with Crippen LogP contribution < -0.4 is 34.2 Å². The second kappa shape index (κ2) is 15.7. The number of amides is 2. The zero-order valence-corrected chi connectivity index (χ0v) is 32.7. The molecule has 0 spiro atoms. The number of aliphatic imine (C=N–C) groups is 1. The van der Waals surface area contributed by atoms with Gasteiger partial charge in [-0.15, -0.1) is 0 Å². The Morgan fingerprint density at radius 2 is 1.54 bits per heavy atom. The van der Waals surface area contributed by atoms with Gasteiger partial charge in [0.05, 0.1) is 51.4 Å². The van der Waals surface area contributed by atoms with Crippen molar-refractivity contribution in [3.8, 4) is 40.2 Å². The van der Waals surface area contributed by atoms with E-state index in [4.69, 9.17) is 39.1 Å². The first-order chi connectivity index (χ1) is 25.8. The number of hydrogen-bond donors (Lipinski definition) is 1. The molecule has 13 nitrogen and oxygen atoms in total. The second-order valence-electron chi connectivity index (χ2n) is 14.9. The Bertz CT molecular complexity index is 1880. The molecule has 2 N–H and O–H groups in total. The predicted octanol–water partition coefficient (Wildman–Crippen LogP) is 6.59. The average Bonchev–Trinajstić information content (AvgIpc) is 3.60. The quantitative estimate of drug-likeness (QED) is 0.191. The summed E-state index contributed by atoms with van der Waals surface area (Å²) in [6, 6.07) is 12.1. The molecule has 2 atom stereocenters. The van der Waals surface area contributed by atoms with Crippen LogP contribution in [0.4, 0.5) is 11.4 Å². The fraction of sp³-hybridized carbons (Fsp3) is 0.488. The Kier molecular flexibility index (Phi) is 11.2. The number of piperazine rings is 1. The molecular formula is C41H53N5O8. The molecule has 0 saturated carbocycles. The smallest absolute Gasteiger partial charge is 0.256 e. The van der Waals surface area contributed by atoms with Crippen LogP contribution in [0, 0.1) is 0 Å². The number of nitrogens with two attached hydrogens (primary N) is 1. The molecule has 0 radical (unpaired) electrons. The highest BCUT2D eigenvalue weighted by Gasteiger charge is 2.40. The second-order valence-corrected chi connectivity index (χ2v) is 14.9. The number of hydrogen-bond acceptors (Lipinski definition) is 11. The number of carbonyl (C=O) groups is 2. The van der Waals surface area contributed by atoms with E-state index in [1.54, 1.807) is 43.5 Å². The lowest BCUT2D eigenvalue weighted by molar-refractivity contribution is -0.0149. The molecular weight excluding hydrogens is 690 g/mol. The van der Waals surface area contributed by atoms with E-state index in [0.717, 1.165) is 25.8 Å². The molecule has 6 rings (SSSR count). The van der Waals surface area contributed by atoms with Gasteiger partial charge in [0.25, 0.3) is 11.8 Å². The normalized spacial score (nSPS) is 18.3. The number of anilines is 1. The number of carbonyl (C=O) groups excluding carboxylic acids is 2. The third-order valence-corrected chi connectivity index (χ3v) is 10.9. The Hall–Kier alpha value is -5.17. The van der Waals surface area contributed by atoms with Crippen LogP contribution in [-0.4, -0.2) is 111 Å². The summed E-state index contributed by atoms with van der Waals surface area (Å²) >= 11 is 0. The van der Waals surface area contributed by atoms with Gasteiger partial charge in [0.2, 0.25) is 5.75 Å². The van der Waals surface area contributed by atoms with E-state index in [2.05, 4.69) is 32.6 Å². The van der Waals surface area contributed by atoms with Crippen molar-refractivity contribution in [3.63, 3.8) is 0 Å². The van der Waals surface area contributed by atoms with Gasteiger partial charge in [-0.3, -0.25) is 19.5 Å². The largest absolute Gasteiger partial charge is 0.493 e. The monoisotopic (exact) mass is 743 g/mol. The van der Waals surface area contributed by atoms with Crippen molar-refractivity contribution >= 4 is 29.4 Å². The lowest BCUT2D eigenvalue weighted by Gasteiger charge is -2.48. The number of ether oxygens (including phenoxy) is 6. The number of nitrogen functional groups attached to an aromatic ring is 1. The standard InChI is InChI=1S/C41H53N5O8/c1-9-41(4,25-40(2,3)54-34-23-31-29(22-33(34)49-5)39(48)46-14-10-11-27(46)24-43-31)45-17-15-44(16-18-45)38(47)26-12-13-32(30(42)19-26)53-28-20-35(50-6)37(52-8)36(21-28)51-7/h12-13,19-24,27H,9-11,14-18,25,42H2,1-8H3. The molecule has 2 saturated heterocycles. The number of rotatable bonds is 13. The van der Waals surface area contributed by atoms with Crippen molar-refractivity contribution in [1.82, 2.24) is 14.7 Å². The van der Waals surface area contributed by atoms with Crippen molar-refractivity contribution in [3.05, 3.63) is 53.6 Å². The number of benzene rings is 3. The summed E-state index contributed by atoms with van der Waals surface area (Å²) in [6.45, 7) is 11.9. The maximum atomic E-state index is 13.7. The van der Waals surface area contributed by atoms with Crippen molar-refractivity contribution in [2.45, 2.75) is 70.6 Å². The number of methoxy groups -OCH3 is 4. The number of nitrogens with zero attached hydrogens (tertiary/aromatic N) is 4. The molecule has 3 aromatic carbocycles. The molecule has 0 aromatic heterocycles. The van der Waals surface area contributed by atoms with Gasteiger partial charge in [0.1, 0.15) is 17.1 Å². The van der Waals surface area contributed by atoms with Crippen LogP contribution in [0.5, 0.6) is 40.2 Å². The first kappa shape index (κ1) is 38.6. The van der Waals surface area contributed by atoms with Gasteiger partial charge in [0.15, 0.2) is 23.0 Å². The predicted molar refractivity (Wildman–Crippen MR) is 208 cm³/mol. The summed E-state index contributed by atoms with van der Waals surface area (Å²) in [5.74, 6) is 3.16. The molecule has 3 heterocycles. The van der Waals surface area contributed by atoms with Crippen LogP contribution in [0.1, 0.15) is 74.1 Å². The molecule has 2 fully saturated rings. The van der Waals surface area contributed by atoms with E-state index in [1.165, 1.54) is 21.3 Å². The summed E-state index contributed by atoms with van der Waals surface area (Å²) in [7, 11) is 6.20. The van der Waals surface area contributed by atoms with Crippen LogP contribution in [-0.2, 0) is 0 Å². The highest BCUT2D eigenvalue weighted by atomic mass is 16.5. The Morgan fingerprint density at radius 1 is 0.852 bits per heavy atom. The highest BCUT2D eigenvalue weighted by molar-refractivity contribution is 6.03. The van der Waals surface area contributed by atoms with Gasteiger partial charge < -0.3 is 44.0 Å². The maximum Gasteiger partial charge on any atom is 0.256 e. The van der Waals surface area contributed by atoms with Crippen molar-refractivity contribution in [2.75, 3.05) is 66.9 Å². The SMILES string of the molecule is CCC(C)(CC(C)(C)Oc1cc2c(cc1OC)C(=O)N1CCCC1C=N2)N1CCN(C(=O)c2ccc(Oc3cc(OC)c(OC)c(OC)c3)c(N)c2)CC1. The minimum atomic E-state index is -0.596. The molecule has 0 aliphatic carbocycles. The molecule has 54 heavy (non-hydrogen) atoms. The summed E-state index contributed by atoms with van der Waals surface area (Å²) in [5, 5.41) is 0. The zero-order chi connectivity index (χ0) is 38.8. The first-order valence-corrected chi connectivity index (χ1v) is 18.5. The zero-order valence-electron chi connectivity index (χ0n) is 32.7.